The number of amides is 1. The van der Waals surface area contributed by atoms with Crippen LogP contribution in [-0.2, 0) is 11.3 Å². The number of hydrazine groups is 1. The number of aryl methyl sites for hydroxylation is 1. The van der Waals surface area contributed by atoms with Gasteiger partial charge >= 0.3 is 0 Å². The maximum absolute atomic E-state index is 11.4. The van der Waals surface area contributed by atoms with Gasteiger partial charge in [-0.15, -0.1) is 0 Å². The number of carbonyl (C=O) groups excluding carboxylic acids is 1. The van der Waals surface area contributed by atoms with Crippen LogP contribution in [0.5, 0.6) is 0 Å². The number of nitrogens with one attached hydrogen (secondary N) is 2. The number of hydrogen-bond acceptors (Lipinski definition) is 4. The molecule has 2 aromatic rings. The lowest BCUT2D eigenvalue weighted by Gasteiger charge is -2.30. The lowest BCUT2D eigenvalue weighted by atomic mass is 9.95. The summed E-state index contributed by atoms with van der Waals surface area (Å²) in [5.74, 6) is -0.0742. The summed E-state index contributed by atoms with van der Waals surface area (Å²) in [7, 11) is 0. The van der Waals surface area contributed by atoms with Crippen LogP contribution in [0, 0.1) is 6.92 Å². The topological polar surface area (TPSA) is 64.6 Å². The van der Waals surface area contributed by atoms with Crippen LogP contribution in [0.2, 0.25) is 0 Å². The van der Waals surface area contributed by atoms with Crippen molar-refractivity contribution in [3.05, 3.63) is 53.1 Å². The zero-order valence-electron chi connectivity index (χ0n) is 16.7. The monoisotopic (exact) mass is 379 g/mol. The van der Waals surface area contributed by atoms with Gasteiger partial charge in [0.05, 0.1) is 0 Å². The maximum atomic E-state index is 11.4. The largest absolute Gasteiger partial charge is 0.373 e. The Morgan fingerprint density at radius 2 is 1.89 bits per heavy atom. The highest BCUT2D eigenvalue weighted by atomic mass is 16.3. The van der Waals surface area contributed by atoms with Gasteiger partial charge in [0.15, 0.2) is 0 Å². The predicted octanol–water partition coefficient (Wildman–Crippen LogP) is 4.26. The zero-order chi connectivity index (χ0) is 19.7. The van der Waals surface area contributed by atoms with Crippen LogP contribution in [0.1, 0.15) is 61.9 Å². The maximum Gasteiger partial charge on any atom is 0.221 e. The minimum atomic E-state index is -0.600. The average Bonchev–Trinajstić information content (AvgIpc) is 2.98. The van der Waals surface area contributed by atoms with Crippen molar-refractivity contribution in [2.24, 2.45) is 0 Å². The number of nitrogens with zero attached hydrogens (tertiary/aromatic N) is 1. The van der Waals surface area contributed by atoms with Gasteiger partial charge in [-0.2, -0.15) is 0 Å². The number of carbonyl (C=O) groups is 1. The first kappa shape index (κ1) is 19.1. The van der Waals surface area contributed by atoms with Crippen LogP contribution < -0.4 is 10.7 Å². The van der Waals surface area contributed by atoms with Gasteiger partial charge in [-0.25, -0.2) is 10.4 Å². The Labute approximate surface area is 166 Å². The summed E-state index contributed by atoms with van der Waals surface area (Å²) < 4.78 is 0. The lowest BCUT2D eigenvalue weighted by Crippen LogP contribution is -2.44. The fraction of sp³-hybridized carbons (Fsp3) is 0.435. The van der Waals surface area contributed by atoms with E-state index in [0.717, 1.165) is 33.5 Å². The molecule has 3 N–H and O–H groups in total. The Bertz CT molecular complexity index is 874. The van der Waals surface area contributed by atoms with Crippen molar-refractivity contribution in [2.75, 3.05) is 5.32 Å². The van der Waals surface area contributed by atoms with Gasteiger partial charge in [-0.1, -0.05) is 37.5 Å². The Morgan fingerprint density at radius 1 is 1.11 bits per heavy atom. The Balaban J connectivity index is 1.57. The van der Waals surface area contributed by atoms with Crippen LogP contribution >= 0.6 is 0 Å². The fourth-order valence-corrected chi connectivity index (χ4v) is 4.53. The van der Waals surface area contributed by atoms with Gasteiger partial charge in [0.25, 0.3) is 0 Å². The van der Waals surface area contributed by atoms with E-state index < -0.39 is 6.23 Å². The van der Waals surface area contributed by atoms with E-state index in [2.05, 4.69) is 35.9 Å². The van der Waals surface area contributed by atoms with Gasteiger partial charge in [0.2, 0.25) is 5.91 Å². The van der Waals surface area contributed by atoms with Gasteiger partial charge in [0.1, 0.15) is 6.23 Å². The van der Waals surface area contributed by atoms with Crippen molar-refractivity contribution in [1.82, 2.24) is 10.4 Å². The SMILES string of the molecule is CC(=O)Nc1cccc(-c2cc(C)c3c(c2)CN(NC2CCCCC2)C3O)c1. The highest BCUT2D eigenvalue weighted by molar-refractivity contribution is 5.89. The van der Waals surface area contributed by atoms with Crippen molar-refractivity contribution < 1.29 is 9.90 Å². The highest BCUT2D eigenvalue weighted by Crippen LogP contribution is 2.37. The third-order valence-corrected chi connectivity index (χ3v) is 5.84. The normalized spacial score (nSPS) is 20.2. The van der Waals surface area contributed by atoms with E-state index in [4.69, 9.17) is 0 Å². The second kappa shape index (κ2) is 8.03. The number of rotatable bonds is 4. The Hall–Kier alpha value is -2.21. The molecule has 5 nitrogen and oxygen atoms in total. The van der Waals surface area contributed by atoms with E-state index in [1.807, 2.05) is 23.2 Å². The van der Waals surface area contributed by atoms with Crippen molar-refractivity contribution >= 4 is 11.6 Å². The van der Waals surface area contributed by atoms with Gasteiger partial charge in [0, 0.05) is 30.8 Å². The summed E-state index contributed by atoms with van der Waals surface area (Å²) in [6.07, 6.45) is 5.61. The average molecular weight is 380 g/mol. The molecule has 5 heteroatoms. The first-order chi connectivity index (χ1) is 13.5. The number of hydrogen-bond donors (Lipinski definition) is 3. The van der Waals surface area contributed by atoms with Crippen LogP contribution in [0.3, 0.4) is 0 Å². The van der Waals surface area contributed by atoms with Crippen molar-refractivity contribution in [1.29, 1.82) is 0 Å². The molecular formula is C23H29N3O2. The van der Waals surface area contributed by atoms with Gasteiger partial charge in [-0.05, 0) is 60.2 Å². The van der Waals surface area contributed by atoms with Crippen molar-refractivity contribution in [2.45, 2.75) is 64.8 Å². The molecular weight excluding hydrogens is 350 g/mol. The molecule has 0 aromatic heterocycles. The Kier molecular flexibility index (Phi) is 5.49. The van der Waals surface area contributed by atoms with E-state index in [0.29, 0.717) is 12.6 Å². The molecule has 0 saturated heterocycles. The molecule has 0 spiro atoms. The minimum Gasteiger partial charge on any atom is -0.373 e. The van der Waals surface area contributed by atoms with Crippen molar-refractivity contribution in [3.63, 3.8) is 0 Å². The molecule has 1 saturated carbocycles. The third-order valence-electron chi connectivity index (χ3n) is 5.84. The molecule has 2 aliphatic rings. The van der Waals surface area contributed by atoms with E-state index in [9.17, 15) is 9.90 Å². The van der Waals surface area contributed by atoms with E-state index >= 15 is 0 Å². The molecule has 1 amide bonds. The molecule has 1 aliphatic carbocycles. The smallest absolute Gasteiger partial charge is 0.221 e. The molecule has 0 bridgehead atoms. The quantitative estimate of drug-likeness (QED) is 0.742. The third kappa shape index (κ3) is 3.97. The second-order valence-corrected chi connectivity index (χ2v) is 8.09. The molecule has 0 radical (unpaired) electrons. The number of benzene rings is 2. The molecule has 4 rings (SSSR count). The summed E-state index contributed by atoms with van der Waals surface area (Å²) in [6, 6.07) is 12.6. The minimum absolute atomic E-state index is 0.0742. The highest BCUT2D eigenvalue weighted by Gasteiger charge is 2.32. The first-order valence-electron chi connectivity index (χ1n) is 10.2. The van der Waals surface area contributed by atoms with Gasteiger partial charge < -0.3 is 10.4 Å². The van der Waals surface area contributed by atoms with Crippen LogP contribution in [-0.4, -0.2) is 22.1 Å². The molecule has 1 unspecified atom stereocenters. The van der Waals surface area contributed by atoms with E-state index in [1.165, 1.54) is 39.0 Å². The molecule has 28 heavy (non-hydrogen) atoms. The predicted molar refractivity (Wildman–Crippen MR) is 111 cm³/mol. The number of aliphatic hydroxyl groups is 1. The lowest BCUT2D eigenvalue weighted by molar-refractivity contribution is -0.114. The zero-order valence-corrected chi connectivity index (χ0v) is 16.7. The number of anilines is 1. The summed E-state index contributed by atoms with van der Waals surface area (Å²) in [5, 5.41) is 15.7. The van der Waals surface area contributed by atoms with Gasteiger partial charge in [-0.3, -0.25) is 4.79 Å². The molecule has 1 atom stereocenters. The summed E-state index contributed by atoms with van der Waals surface area (Å²) >= 11 is 0. The van der Waals surface area contributed by atoms with Crippen molar-refractivity contribution in [3.8, 4) is 11.1 Å². The molecule has 2 aromatic carbocycles. The summed E-state index contributed by atoms with van der Waals surface area (Å²) in [6.45, 7) is 4.28. The molecule has 1 heterocycles. The molecule has 148 valence electrons. The fourth-order valence-electron chi connectivity index (χ4n) is 4.53. The Morgan fingerprint density at radius 3 is 2.64 bits per heavy atom. The number of fused-ring (bicyclic) bond motifs is 1. The number of aliphatic hydroxyl groups excluding tert-OH is 1. The van der Waals surface area contributed by atoms with E-state index in [-0.39, 0.29) is 5.91 Å². The summed E-state index contributed by atoms with van der Waals surface area (Å²) in [5.41, 5.74) is 9.81. The summed E-state index contributed by atoms with van der Waals surface area (Å²) in [4.78, 5) is 11.4. The molecule has 1 aliphatic heterocycles. The van der Waals surface area contributed by atoms with E-state index in [1.54, 1.807) is 0 Å². The first-order valence-corrected chi connectivity index (χ1v) is 10.2. The van der Waals surface area contributed by atoms with Crippen LogP contribution in [0.15, 0.2) is 36.4 Å². The standard InChI is InChI=1S/C23H29N3O2/c1-15-11-18(17-7-6-10-21(13-17)24-16(2)27)12-19-14-26(23(28)22(15)19)25-20-8-4-3-5-9-20/h6-7,10-13,20,23,25,28H,3-5,8-9,14H2,1-2H3,(H,24,27). The van der Waals surface area contributed by atoms with Crippen LogP contribution in [0.4, 0.5) is 5.69 Å². The second-order valence-electron chi connectivity index (χ2n) is 8.09. The van der Waals surface area contributed by atoms with Crippen LogP contribution in [0.25, 0.3) is 11.1 Å². The molecule has 1 fully saturated rings.